The van der Waals surface area contributed by atoms with Crippen LogP contribution in [0.1, 0.15) is 53.4 Å². The van der Waals surface area contributed by atoms with Crippen molar-refractivity contribution >= 4 is 11.9 Å². The van der Waals surface area contributed by atoms with E-state index in [1.165, 1.54) is 0 Å². The molecule has 1 aliphatic carbocycles. The zero-order valence-electron chi connectivity index (χ0n) is 12.4. The molecule has 2 atom stereocenters. The highest BCUT2D eigenvalue weighted by atomic mass is 16.4. The van der Waals surface area contributed by atoms with Crippen LogP contribution in [0.5, 0.6) is 0 Å². The molecule has 1 fully saturated rings. The average Bonchev–Trinajstić information content (AvgIpc) is 2.58. The number of carboxylic acid groups (broad SMARTS) is 1. The summed E-state index contributed by atoms with van der Waals surface area (Å²) in [7, 11) is 0. The number of nitrogens with zero attached hydrogens (tertiary/aromatic N) is 1. The van der Waals surface area contributed by atoms with Gasteiger partial charge >= 0.3 is 5.97 Å². The van der Waals surface area contributed by atoms with E-state index >= 15 is 0 Å². The van der Waals surface area contributed by atoms with E-state index in [0.717, 1.165) is 19.3 Å². The molecule has 0 saturated heterocycles. The zero-order valence-corrected chi connectivity index (χ0v) is 12.4. The summed E-state index contributed by atoms with van der Waals surface area (Å²) in [6.45, 7) is 7.93. The van der Waals surface area contributed by atoms with Crippen molar-refractivity contribution in [3.05, 3.63) is 0 Å². The molecule has 0 aromatic heterocycles. The molecule has 1 aliphatic rings. The third-order valence-electron chi connectivity index (χ3n) is 4.12. The van der Waals surface area contributed by atoms with Crippen molar-refractivity contribution in [2.45, 2.75) is 65.0 Å². The number of carbonyl (C=O) groups is 2. The fourth-order valence-electron chi connectivity index (χ4n) is 2.72. The lowest BCUT2D eigenvalue weighted by Gasteiger charge is -2.42. The predicted octanol–water partition coefficient (Wildman–Crippen LogP) is 1.61. The Bertz CT molecular complexity index is 362. The average molecular weight is 270 g/mol. The van der Waals surface area contributed by atoms with Gasteiger partial charge in [-0.25, -0.2) is 0 Å². The fraction of sp³-hybridized carbons (Fsp3) is 0.857. The Labute approximate surface area is 115 Å². The molecule has 1 rings (SSSR count). The number of amides is 1. The Hall–Kier alpha value is -1.10. The highest BCUT2D eigenvalue weighted by molar-refractivity contribution is 5.84. The van der Waals surface area contributed by atoms with Gasteiger partial charge in [-0.1, -0.05) is 6.42 Å². The molecular formula is C14H26N2O3. The zero-order chi connectivity index (χ0) is 14.8. The Morgan fingerprint density at radius 1 is 1.42 bits per heavy atom. The molecule has 5 heteroatoms. The van der Waals surface area contributed by atoms with Crippen LogP contribution in [0.4, 0.5) is 0 Å². The normalized spacial score (nSPS) is 27.3. The smallest absolute Gasteiger partial charge is 0.305 e. The van der Waals surface area contributed by atoms with Crippen LogP contribution < -0.4 is 5.73 Å². The first-order valence-corrected chi connectivity index (χ1v) is 6.88. The minimum absolute atomic E-state index is 0.00810. The van der Waals surface area contributed by atoms with E-state index in [-0.39, 0.29) is 24.9 Å². The number of carboxylic acids is 1. The van der Waals surface area contributed by atoms with E-state index in [9.17, 15) is 9.59 Å². The molecule has 0 spiro atoms. The monoisotopic (exact) mass is 270 g/mol. The first-order valence-electron chi connectivity index (χ1n) is 6.88. The standard InChI is InChI=1S/C14H26N2O3/c1-13(2,3)16(9-7-11(17)18)12(19)14(4)8-5-6-10(14)15/h10H,5-9,15H2,1-4H3,(H,17,18). The number of hydrogen-bond donors (Lipinski definition) is 2. The van der Waals surface area contributed by atoms with Crippen LogP contribution in [-0.4, -0.2) is 40.0 Å². The van der Waals surface area contributed by atoms with Gasteiger partial charge in [0.15, 0.2) is 0 Å². The van der Waals surface area contributed by atoms with E-state index in [1.54, 1.807) is 4.90 Å². The topological polar surface area (TPSA) is 83.6 Å². The molecule has 19 heavy (non-hydrogen) atoms. The largest absolute Gasteiger partial charge is 0.481 e. The minimum Gasteiger partial charge on any atom is -0.481 e. The molecule has 0 radical (unpaired) electrons. The number of rotatable bonds is 4. The van der Waals surface area contributed by atoms with E-state index < -0.39 is 16.9 Å². The van der Waals surface area contributed by atoms with Gasteiger partial charge in [0.05, 0.1) is 11.8 Å². The van der Waals surface area contributed by atoms with Gasteiger partial charge in [-0.2, -0.15) is 0 Å². The van der Waals surface area contributed by atoms with Crippen molar-refractivity contribution in [1.29, 1.82) is 0 Å². The van der Waals surface area contributed by atoms with Crippen molar-refractivity contribution in [2.24, 2.45) is 11.1 Å². The summed E-state index contributed by atoms with van der Waals surface area (Å²) in [6, 6.07) is -0.130. The fourth-order valence-corrected chi connectivity index (χ4v) is 2.72. The van der Waals surface area contributed by atoms with Crippen LogP contribution in [0, 0.1) is 5.41 Å². The van der Waals surface area contributed by atoms with Gasteiger partial charge in [0.1, 0.15) is 0 Å². The Morgan fingerprint density at radius 2 is 2.00 bits per heavy atom. The minimum atomic E-state index is -0.886. The number of nitrogens with two attached hydrogens (primary N) is 1. The van der Waals surface area contributed by atoms with Gasteiger partial charge in [-0.3, -0.25) is 9.59 Å². The first-order chi connectivity index (χ1) is 8.59. The lowest BCUT2D eigenvalue weighted by Crippen LogP contribution is -2.55. The second-order valence-electron chi connectivity index (χ2n) is 6.69. The molecule has 2 unspecified atom stereocenters. The van der Waals surface area contributed by atoms with E-state index in [1.807, 2.05) is 27.7 Å². The summed E-state index contributed by atoms with van der Waals surface area (Å²) in [4.78, 5) is 25.2. The van der Waals surface area contributed by atoms with Gasteiger partial charge in [0.2, 0.25) is 5.91 Å². The van der Waals surface area contributed by atoms with Crippen molar-refractivity contribution in [3.63, 3.8) is 0 Å². The van der Waals surface area contributed by atoms with Crippen LogP contribution in [0.2, 0.25) is 0 Å². The lowest BCUT2D eigenvalue weighted by molar-refractivity contribution is -0.148. The van der Waals surface area contributed by atoms with Crippen molar-refractivity contribution in [1.82, 2.24) is 4.90 Å². The third kappa shape index (κ3) is 3.47. The molecule has 5 nitrogen and oxygen atoms in total. The molecule has 0 heterocycles. The van der Waals surface area contributed by atoms with Gasteiger partial charge < -0.3 is 15.7 Å². The molecule has 110 valence electrons. The van der Waals surface area contributed by atoms with Crippen molar-refractivity contribution in [2.75, 3.05) is 6.54 Å². The Morgan fingerprint density at radius 3 is 2.37 bits per heavy atom. The SMILES string of the molecule is CC1(C(=O)N(CCC(=O)O)C(C)(C)C)CCCC1N. The van der Waals surface area contributed by atoms with E-state index in [2.05, 4.69) is 0 Å². The van der Waals surface area contributed by atoms with Gasteiger partial charge in [-0.15, -0.1) is 0 Å². The molecule has 0 aromatic rings. The summed E-state index contributed by atoms with van der Waals surface area (Å²) in [6.07, 6.45) is 2.57. The maximum atomic E-state index is 12.8. The van der Waals surface area contributed by atoms with Gasteiger partial charge in [0.25, 0.3) is 0 Å². The molecule has 1 saturated carbocycles. The highest BCUT2D eigenvalue weighted by Gasteiger charge is 2.46. The van der Waals surface area contributed by atoms with Gasteiger partial charge in [0, 0.05) is 18.1 Å². The third-order valence-corrected chi connectivity index (χ3v) is 4.12. The summed E-state index contributed by atoms with van der Waals surface area (Å²) in [5, 5.41) is 8.83. The second-order valence-corrected chi connectivity index (χ2v) is 6.69. The van der Waals surface area contributed by atoms with E-state index in [4.69, 9.17) is 10.8 Å². The van der Waals surface area contributed by atoms with Crippen LogP contribution in [0.15, 0.2) is 0 Å². The second kappa shape index (κ2) is 5.49. The molecule has 1 amide bonds. The Kier molecular flexibility index (Phi) is 4.61. The van der Waals surface area contributed by atoms with Crippen LogP contribution in [-0.2, 0) is 9.59 Å². The molecule has 0 aliphatic heterocycles. The maximum absolute atomic E-state index is 12.8. The summed E-state index contributed by atoms with van der Waals surface area (Å²) in [5.41, 5.74) is 5.15. The number of hydrogen-bond acceptors (Lipinski definition) is 3. The predicted molar refractivity (Wildman–Crippen MR) is 73.7 cm³/mol. The molecule has 3 N–H and O–H groups in total. The molecular weight excluding hydrogens is 244 g/mol. The lowest BCUT2D eigenvalue weighted by atomic mass is 9.82. The van der Waals surface area contributed by atoms with E-state index in [0.29, 0.717) is 0 Å². The van der Waals surface area contributed by atoms with Crippen LogP contribution >= 0.6 is 0 Å². The van der Waals surface area contributed by atoms with Crippen LogP contribution in [0.3, 0.4) is 0 Å². The van der Waals surface area contributed by atoms with Gasteiger partial charge in [-0.05, 0) is 40.5 Å². The Balaban J connectivity index is 2.91. The summed E-state index contributed by atoms with van der Waals surface area (Å²) in [5.74, 6) is -0.894. The quantitative estimate of drug-likeness (QED) is 0.813. The molecule has 0 aromatic carbocycles. The van der Waals surface area contributed by atoms with Crippen molar-refractivity contribution in [3.8, 4) is 0 Å². The maximum Gasteiger partial charge on any atom is 0.305 e. The first kappa shape index (κ1) is 16.0. The number of aliphatic carboxylic acids is 1. The summed E-state index contributed by atoms with van der Waals surface area (Å²) >= 11 is 0. The van der Waals surface area contributed by atoms with Crippen molar-refractivity contribution < 1.29 is 14.7 Å². The van der Waals surface area contributed by atoms with Crippen LogP contribution in [0.25, 0.3) is 0 Å². The molecule has 0 bridgehead atoms. The summed E-state index contributed by atoms with van der Waals surface area (Å²) < 4.78 is 0. The number of carbonyl (C=O) groups excluding carboxylic acids is 1. The highest BCUT2D eigenvalue weighted by Crippen LogP contribution is 2.39.